The maximum absolute atomic E-state index is 10.7. The van der Waals surface area contributed by atoms with Gasteiger partial charge in [-0.25, -0.2) is 0 Å². The second-order valence-corrected chi connectivity index (χ2v) is 10.7. The van der Waals surface area contributed by atoms with Crippen molar-refractivity contribution in [2.24, 2.45) is 5.41 Å². The molecule has 1 saturated heterocycles. The van der Waals surface area contributed by atoms with Crippen molar-refractivity contribution >= 4 is 23.5 Å². The summed E-state index contributed by atoms with van der Waals surface area (Å²) in [5.41, 5.74) is 0.983. The minimum atomic E-state index is -0.407. The second-order valence-electron chi connectivity index (χ2n) is 7.66. The molecule has 1 fully saturated rings. The van der Waals surface area contributed by atoms with E-state index in [1.165, 1.54) is 6.42 Å². The van der Waals surface area contributed by atoms with E-state index in [9.17, 15) is 10.2 Å². The number of benzene rings is 1. The van der Waals surface area contributed by atoms with Crippen molar-refractivity contribution in [2.75, 3.05) is 31.8 Å². The summed E-state index contributed by atoms with van der Waals surface area (Å²) < 4.78 is 10.9. The molecule has 1 aliphatic rings. The van der Waals surface area contributed by atoms with Crippen LogP contribution in [0.5, 0.6) is 5.75 Å². The number of aliphatic hydroxyl groups excluding tert-OH is 2. The standard InChI is InChI=1S/C22H34O4S2/c1-21(2,11-4-12-23)22(27-14-5-15-28-22)16-19(24)10-13-26-17-18-6-8-20(25-3)9-7-18/h4,6-9,11,19,23-24H,5,10,12-17H2,1-3H3/b11-4+/t19-/m1/s1. The van der Waals surface area contributed by atoms with E-state index in [4.69, 9.17) is 9.47 Å². The van der Waals surface area contributed by atoms with Crippen LogP contribution in [-0.2, 0) is 11.3 Å². The third kappa shape index (κ3) is 6.70. The van der Waals surface area contributed by atoms with Gasteiger partial charge in [0, 0.05) is 12.0 Å². The number of hydrogen-bond acceptors (Lipinski definition) is 6. The number of methoxy groups -OCH3 is 1. The fourth-order valence-corrected chi connectivity index (χ4v) is 7.10. The van der Waals surface area contributed by atoms with Crippen LogP contribution in [0.15, 0.2) is 36.4 Å². The third-order valence-electron chi connectivity index (χ3n) is 5.11. The van der Waals surface area contributed by atoms with Crippen molar-refractivity contribution in [1.29, 1.82) is 0 Å². The van der Waals surface area contributed by atoms with Gasteiger partial charge in [0.1, 0.15) is 5.75 Å². The molecular formula is C22H34O4S2. The molecule has 1 heterocycles. The Hall–Kier alpha value is -0.660. The summed E-state index contributed by atoms with van der Waals surface area (Å²) in [5, 5.41) is 19.9. The molecule has 0 saturated carbocycles. The van der Waals surface area contributed by atoms with E-state index < -0.39 is 6.10 Å². The van der Waals surface area contributed by atoms with Crippen LogP contribution in [-0.4, -0.2) is 52.2 Å². The predicted octanol–water partition coefficient (Wildman–Crippen LogP) is 4.49. The van der Waals surface area contributed by atoms with Crippen molar-refractivity contribution in [3.05, 3.63) is 42.0 Å². The van der Waals surface area contributed by atoms with Crippen molar-refractivity contribution < 1.29 is 19.7 Å². The second kappa shape index (κ2) is 11.5. The highest BCUT2D eigenvalue weighted by Gasteiger charge is 2.46. The van der Waals surface area contributed by atoms with Crippen LogP contribution < -0.4 is 4.74 Å². The lowest BCUT2D eigenvalue weighted by Crippen LogP contribution is -2.43. The van der Waals surface area contributed by atoms with Crippen molar-refractivity contribution in [3.8, 4) is 5.75 Å². The minimum absolute atomic E-state index is 0.0522. The van der Waals surface area contributed by atoms with Gasteiger partial charge in [0.2, 0.25) is 0 Å². The number of hydrogen-bond donors (Lipinski definition) is 2. The van der Waals surface area contributed by atoms with Gasteiger partial charge in [-0.3, -0.25) is 0 Å². The third-order valence-corrected chi connectivity index (χ3v) is 9.12. The highest BCUT2D eigenvalue weighted by molar-refractivity contribution is 8.18. The summed E-state index contributed by atoms with van der Waals surface area (Å²) in [6.07, 6.45) is 6.07. The van der Waals surface area contributed by atoms with Gasteiger partial charge in [0.25, 0.3) is 0 Å². The van der Waals surface area contributed by atoms with Gasteiger partial charge >= 0.3 is 0 Å². The van der Waals surface area contributed by atoms with Crippen LogP contribution in [0.4, 0.5) is 0 Å². The molecule has 1 atom stereocenters. The average molecular weight is 427 g/mol. The van der Waals surface area contributed by atoms with Gasteiger partial charge in [0.05, 0.1) is 30.5 Å². The molecule has 1 aromatic carbocycles. The lowest BCUT2D eigenvalue weighted by molar-refractivity contribution is 0.0652. The summed E-state index contributed by atoms with van der Waals surface area (Å²) in [5.74, 6) is 3.07. The van der Waals surface area contributed by atoms with Crippen LogP contribution in [0.2, 0.25) is 0 Å². The first-order chi connectivity index (χ1) is 13.4. The molecular weight excluding hydrogens is 392 g/mol. The Labute approximate surface area is 178 Å². The maximum atomic E-state index is 10.7. The Morgan fingerprint density at radius 1 is 1.21 bits per heavy atom. The average Bonchev–Trinajstić information content (AvgIpc) is 2.70. The Bertz CT molecular complexity index is 595. The van der Waals surface area contributed by atoms with Crippen molar-refractivity contribution in [3.63, 3.8) is 0 Å². The first-order valence-corrected chi connectivity index (χ1v) is 11.8. The zero-order valence-corrected chi connectivity index (χ0v) is 18.9. The van der Waals surface area contributed by atoms with Crippen molar-refractivity contribution in [2.45, 2.75) is 49.9 Å². The monoisotopic (exact) mass is 426 g/mol. The summed E-state index contributed by atoms with van der Waals surface area (Å²) in [6, 6.07) is 7.85. The summed E-state index contributed by atoms with van der Waals surface area (Å²) in [7, 11) is 1.66. The smallest absolute Gasteiger partial charge is 0.118 e. The fraction of sp³-hybridized carbons (Fsp3) is 0.636. The van der Waals surface area contributed by atoms with Gasteiger partial charge in [0.15, 0.2) is 0 Å². The zero-order chi connectivity index (χ0) is 20.5. The molecule has 0 aromatic heterocycles. The highest BCUT2D eigenvalue weighted by atomic mass is 32.2. The molecule has 1 aromatic rings. The molecule has 4 nitrogen and oxygen atoms in total. The van der Waals surface area contributed by atoms with E-state index in [-0.39, 0.29) is 16.1 Å². The molecule has 0 bridgehead atoms. The highest BCUT2D eigenvalue weighted by Crippen LogP contribution is 2.56. The molecule has 0 unspecified atom stereocenters. The lowest BCUT2D eigenvalue weighted by atomic mass is 9.84. The topological polar surface area (TPSA) is 58.9 Å². The van der Waals surface area contributed by atoms with Gasteiger partial charge in [-0.1, -0.05) is 38.1 Å². The van der Waals surface area contributed by atoms with Gasteiger partial charge in [-0.15, -0.1) is 23.5 Å². The zero-order valence-electron chi connectivity index (χ0n) is 17.2. The van der Waals surface area contributed by atoms with E-state index >= 15 is 0 Å². The van der Waals surface area contributed by atoms with Crippen molar-refractivity contribution in [1.82, 2.24) is 0 Å². The van der Waals surface area contributed by atoms with E-state index in [0.717, 1.165) is 29.2 Å². The Kier molecular flexibility index (Phi) is 9.71. The number of rotatable bonds is 11. The molecule has 2 N–H and O–H groups in total. The van der Waals surface area contributed by atoms with E-state index in [2.05, 4.69) is 19.9 Å². The van der Waals surface area contributed by atoms with Crippen LogP contribution in [0, 0.1) is 5.41 Å². The molecule has 0 radical (unpaired) electrons. The first-order valence-electron chi connectivity index (χ1n) is 9.87. The Balaban J connectivity index is 1.85. The van der Waals surface area contributed by atoms with Crippen LogP contribution in [0.25, 0.3) is 0 Å². The van der Waals surface area contributed by atoms with E-state index in [1.807, 2.05) is 53.9 Å². The number of ether oxygens (including phenoxy) is 2. The van der Waals surface area contributed by atoms with Gasteiger partial charge < -0.3 is 19.7 Å². The number of aliphatic hydroxyl groups is 2. The number of thioether (sulfide) groups is 2. The molecule has 1 aliphatic heterocycles. The lowest BCUT2D eigenvalue weighted by Gasteiger charge is -2.47. The fourth-order valence-electron chi connectivity index (χ4n) is 3.35. The summed E-state index contributed by atoms with van der Waals surface area (Å²) in [6.45, 7) is 5.53. The molecule has 28 heavy (non-hydrogen) atoms. The largest absolute Gasteiger partial charge is 0.497 e. The van der Waals surface area contributed by atoms with Crippen LogP contribution >= 0.6 is 23.5 Å². The molecule has 0 spiro atoms. The SMILES string of the molecule is COc1ccc(COCC[C@@H](O)CC2(C(C)(C)/C=C/CO)SCCCS2)cc1. The quantitative estimate of drug-likeness (QED) is 0.401. The molecule has 2 rings (SSSR count). The predicted molar refractivity (Wildman–Crippen MR) is 120 cm³/mol. The molecule has 0 amide bonds. The normalized spacial score (nSPS) is 18.3. The van der Waals surface area contributed by atoms with Crippen LogP contribution in [0.3, 0.4) is 0 Å². The van der Waals surface area contributed by atoms with E-state index in [1.54, 1.807) is 7.11 Å². The summed E-state index contributed by atoms with van der Waals surface area (Å²) in [4.78, 5) is 0. The summed E-state index contributed by atoms with van der Waals surface area (Å²) >= 11 is 3.91. The maximum Gasteiger partial charge on any atom is 0.118 e. The van der Waals surface area contributed by atoms with E-state index in [0.29, 0.717) is 19.6 Å². The van der Waals surface area contributed by atoms with Crippen LogP contribution in [0.1, 0.15) is 38.7 Å². The molecule has 6 heteroatoms. The minimum Gasteiger partial charge on any atom is -0.497 e. The molecule has 0 aliphatic carbocycles. The molecule has 158 valence electrons. The van der Waals surface area contributed by atoms with Gasteiger partial charge in [-0.2, -0.15) is 0 Å². The van der Waals surface area contributed by atoms with Gasteiger partial charge in [-0.05, 0) is 48.5 Å². The Morgan fingerprint density at radius 2 is 1.89 bits per heavy atom. The first kappa shape index (κ1) is 23.6. The Morgan fingerprint density at radius 3 is 2.50 bits per heavy atom. The number of allylic oxidation sites excluding steroid dienone is 1.